The summed E-state index contributed by atoms with van der Waals surface area (Å²) in [7, 11) is 0. The Morgan fingerprint density at radius 3 is 2.76 bits per heavy atom. The largest absolute Gasteiger partial charge is 0.481 e. The fourth-order valence-electron chi connectivity index (χ4n) is 1.97. The first-order chi connectivity index (χ1) is 8.02. The second-order valence-corrected chi connectivity index (χ2v) is 4.49. The van der Waals surface area contributed by atoms with Gasteiger partial charge < -0.3 is 16.2 Å². The highest BCUT2D eigenvalue weighted by atomic mass is 16.4. The van der Waals surface area contributed by atoms with Crippen LogP contribution in [-0.4, -0.2) is 29.1 Å². The first-order valence-corrected chi connectivity index (χ1v) is 5.99. The summed E-state index contributed by atoms with van der Waals surface area (Å²) in [6, 6.07) is -0.280. The molecule has 0 saturated carbocycles. The maximum Gasteiger partial charge on any atom is 0.310 e. The SMILES string of the molecule is CCCC(N)CC(=O)NC1C=CC(C(=O)O)C1. The lowest BCUT2D eigenvalue weighted by molar-refractivity contribution is -0.140. The molecule has 0 aromatic heterocycles. The summed E-state index contributed by atoms with van der Waals surface area (Å²) in [6.45, 7) is 2.02. The maximum atomic E-state index is 11.6. The summed E-state index contributed by atoms with van der Waals surface area (Å²) in [5.74, 6) is -1.43. The Bertz CT molecular complexity index is 315. The van der Waals surface area contributed by atoms with Gasteiger partial charge in [-0.15, -0.1) is 0 Å². The van der Waals surface area contributed by atoms with Crippen molar-refractivity contribution < 1.29 is 14.7 Å². The zero-order valence-corrected chi connectivity index (χ0v) is 10.1. The predicted octanol–water partition coefficient (Wildman–Crippen LogP) is 0.649. The number of amides is 1. The second-order valence-electron chi connectivity index (χ2n) is 4.49. The lowest BCUT2D eigenvalue weighted by atomic mass is 10.1. The van der Waals surface area contributed by atoms with E-state index in [4.69, 9.17) is 10.8 Å². The van der Waals surface area contributed by atoms with Crippen LogP contribution in [0.5, 0.6) is 0 Å². The zero-order valence-electron chi connectivity index (χ0n) is 10.1. The highest BCUT2D eigenvalue weighted by Crippen LogP contribution is 2.18. The van der Waals surface area contributed by atoms with E-state index in [0.717, 1.165) is 12.8 Å². The van der Waals surface area contributed by atoms with Crippen molar-refractivity contribution in [2.75, 3.05) is 0 Å². The Kier molecular flexibility index (Phi) is 5.15. The molecule has 0 bridgehead atoms. The molecule has 5 nitrogen and oxygen atoms in total. The minimum Gasteiger partial charge on any atom is -0.481 e. The average Bonchev–Trinajstić information content (AvgIpc) is 2.66. The first-order valence-electron chi connectivity index (χ1n) is 5.99. The van der Waals surface area contributed by atoms with E-state index >= 15 is 0 Å². The van der Waals surface area contributed by atoms with Crippen molar-refractivity contribution in [1.82, 2.24) is 5.32 Å². The Morgan fingerprint density at radius 1 is 1.53 bits per heavy atom. The highest BCUT2D eigenvalue weighted by molar-refractivity contribution is 5.78. The van der Waals surface area contributed by atoms with E-state index in [1.165, 1.54) is 0 Å². The normalized spacial score (nSPS) is 24.6. The number of nitrogens with one attached hydrogen (secondary N) is 1. The van der Waals surface area contributed by atoms with E-state index in [0.29, 0.717) is 12.8 Å². The quantitative estimate of drug-likeness (QED) is 0.594. The number of carboxylic acid groups (broad SMARTS) is 1. The summed E-state index contributed by atoms with van der Waals surface area (Å²) in [4.78, 5) is 22.3. The molecule has 0 aromatic rings. The van der Waals surface area contributed by atoms with Crippen LogP contribution in [0.3, 0.4) is 0 Å². The molecule has 0 radical (unpaired) electrons. The van der Waals surface area contributed by atoms with Gasteiger partial charge in [-0.1, -0.05) is 25.5 Å². The molecule has 3 unspecified atom stereocenters. The van der Waals surface area contributed by atoms with Crippen molar-refractivity contribution in [3.8, 4) is 0 Å². The number of carbonyl (C=O) groups is 2. The number of carbonyl (C=O) groups excluding carboxylic acids is 1. The molecule has 0 spiro atoms. The molecule has 0 aliphatic heterocycles. The van der Waals surface area contributed by atoms with Crippen molar-refractivity contribution in [2.24, 2.45) is 11.7 Å². The number of carboxylic acids is 1. The Balaban J connectivity index is 2.29. The minimum atomic E-state index is -0.847. The van der Waals surface area contributed by atoms with Gasteiger partial charge in [-0.2, -0.15) is 0 Å². The van der Waals surface area contributed by atoms with Crippen molar-refractivity contribution in [3.05, 3.63) is 12.2 Å². The third-order valence-corrected chi connectivity index (χ3v) is 2.85. The van der Waals surface area contributed by atoms with Gasteiger partial charge in [-0.3, -0.25) is 9.59 Å². The predicted molar refractivity (Wildman–Crippen MR) is 64.3 cm³/mol. The topological polar surface area (TPSA) is 92.4 Å². The fourth-order valence-corrected chi connectivity index (χ4v) is 1.97. The smallest absolute Gasteiger partial charge is 0.310 e. The molecule has 5 heteroatoms. The van der Waals surface area contributed by atoms with Crippen LogP contribution in [0, 0.1) is 5.92 Å². The Hall–Kier alpha value is -1.36. The number of hydrogen-bond donors (Lipinski definition) is 3. The van der Waals surface area contributed by atoms with E-state index in [9.17, 15) is 9.59 Å². The van der Waals surface area contributed by atoms with Crippen LogP contribution in [0.2, 0.25) is 0 Å². The first kappa shape index (κ1) is 13.7. The Labute approximate surface area is 101 Å². The standard InChI is InChI=1S/C12H20N2O3/c1-2-3-9(13)7-11(15)14-10-5-4-8(6-10)12(16)17/h4-5,8-10H,2-3,6-7,13H2,1H3,(H,14,15)(H,16,17). The van der Waals surface area contributed by atoms with Crippen LogP contribution in [0.1, 0.15) is 32.6 Å². The molecule has 1 rings (SSSR count). The third-order valence-electron chi connectivity index (χ3n) is 2.85. The van der Waals surface area contributed by atoms with Crippen LogP contribution in [0.15, 0.2) is 12.2 Å². The van der Waals surface area contributed by atoms with E-state index in [1.807, 2.05) is 6.92 Å². The summed E-state index contributed by atoms with van der Waals surface area (Å²) >= 11 is 0. The molecule has 96 valence electrons. The summed E-state index contributed by atoms with van der Waals surface area (Å²) in [5, 5.41) is 11.6. The molecule has 3 atom stereocenters. The van der Waals surface area contributed by atoms with E-state index in [1.54, 1.807) is 12.2 Å². The molecule has 1 aliphatic rings. The van der Waals surface area contributed by atoms with E-state index in [-0.39, 0.29) is 18.0 Å². The van der Waals surface area contributed by atoms with Crippen molar-refractivity contribution >= 4 is 11.9 Å². The van der Waals surface area contributed by atoms with Crippen LogP contribution >= 0.6 is 0 Å². The molecular formula is C12H20N2O3. The average molecular weight is 240 g/mol. The molecule has 1 aliphatic carbocycles. The van der Waals surface area contributed by atoms with Gasteiger partial charge in [-0.25, -0.2) is 0 Å². The summed E-state index contributed by atoms with van der Waals surface area (Å²) in [5.41, 5.74) is 5.76. The number of aliphatic carboxylic acids is 1. The second kappa shape index (κ2) is 6.39. The van der Waals surface area contributed by atoms with Gasteiger partial charge in [0.05, 0.1) is 5.92 Å². The molecule has 17 heavy (non-hydrogen) atoms. The molecular weight excluding hydrogens is 220 g/mol. The summed E-state index contributed by atoms with van der Waals surface area (Å²) < 4.78 is 0. The lowest BCUT2D eigenvalue weighted by Gasteiger charge is -2.14. The minimum absolute atomic E-state index is 0.105. The maximum absolute atomic E-state index is 11.6. The van der Waals surface area contributed by atoms with Crippen molar-refractivity contribution in [2.45, 2.75) is 44.7 Å². The number of rotatable bonds is 6. The monoisotopic (exact) mass is 240 g/mol. The van der Waals surface area contributed by atoms with Crippen molar-refractivity contribution in [3.63, 3.8) is 0 Å². The van der Waals surface area contributed by atoms with Crippen LogP contribution in [-0.2, 0) is 9.59 Å². The third kappa shape index (κ3) is 4.56. The molecule has 1 amide bonds. The molecule has 0 saturated heterocycles. The van der Waals surface area contributed by atoms with Crippen LogP contribution < -0.4 is 11.1 Å². The van der Waals surface area contributed by atoms with Gasteiger partial charge in [0.1, 0.15) is 0 Å². The number of hydrogen-bond acceptors (Lipinski definition) is 3. The molecule has 4 N–H and O–H groups in total. The molecule has 0 fully saturated rings. The fraction of sp³-hybridized carbons (Fsp3) is 0.667. The summed E-state index contributed by atoms with van der Waals surface area (Å²) in [6.07, 6.45) is 5.88. The zero-order chi connectivity index (χ0) is 12.8. The Morgan fingerprint density at radius 2 is 2.24 bits per heavy atom. The van der Waals surface area contributed by atoms with Crippen LogP contribution in [0.4, 0.5) is 0 Å². The van der Waals surface area contributed by atoms with Crippen molar-refractivity contribution in [1.29, 1.82) is 0 Å². The van der Waals surface area contributed by atoms with Crippen LogP contribution in [0.25, 0.3) is 0 Å². The van der Waals surface area contributed by atoms with Gasteiger partial charge >= 0.3 is 5.97 Å². The van der Waals surface area contributed by atoms with Gasteiger partial charge in [0.15, 0.2) is 0 Å². The van der Waals surface area contributed by atoms with E-state index in [2.05, 4.69) is 5.32 Å². The van der Waals surface area contributed by atoms with Gasteiger partial charge in [0, 0.05) is 18.5 Å². The lowest BCUT2D eigenvalue weighted by Crippen LogP contribution is -2.37. The van der Waals surface area contributed by atoms with Gasteiger partial charge in [0.25, 0.3) is 0 Å². The van der Waals surface area contributed by atoms with E-state index < -0.39 is 11.9 Å². The highest BCUT2D eigenvalue weighted by Gasteiger charge is 2.25. The van der Waals surface area contributed by atoms with Gasteiger partial charge in [0.2, 0.25) is 5.91 Å². The number of nitrogens with two attached hydrogens (primary N) is 1. The molecule has 0 heterocycles. The van der Waals surface area contributed by atoms with Gasteiger partial charge in [-0.05, 0) is 12.8 Å². The molecule has 0 aromatic carbocycles.